The first-order chi connectivity index (χ1) is 10.3. The lowest BCUT2D eigenvalue weighted by Crippen LogP contribution is -2.56. The van der Waals surface area contributed by atoms with Gasteiger partial charge in [-0.1, -0.05) is 15.9 Å². The summed E-state index contributed by atoms with van der Waals surface area (Å²) in [5, 5.41) is 0. The van der Waals surface area contributed by atoms with Crippen LogP contribution in [0, 0.1) is 0 Å². The van der Waals surface area contributed by atoms with Crippen molar-refractivity contribution >= 4 is 28.0 Å². The molecule has 0 saturated carbocycles. The topological polar surface area (TPSA) is 44.8 Å². The van der Waals surface area contributed by atoms with E-state index in [9.17, 15) is 18.0 Å². The molecule has 22 heavy (non-hydrogen) atoms. The van der Waals surface area contributed by atoms with Crippen molar-refractivity contribution in [2.75, 3.05) is 13.7 Å². The molecule has 8 heteroatoms. The van der Waals surface area contributed by atoms with Gasteiger partial charge >= 0.3 is 17.7 Å². The van der Waals surface area contributed by atoms with Crippen molar-refractivity contribution < 1.29 is 32.2 Å². The normalized spacial score (nSPS) is 20.1. The third-order valence-electron chi connectivity index (χ3n) is 3.07. The van der Waals surface area contributed by atoms with Crippen LogP contribution in [0.15, 0.2) is 22.7 Å². The standard InChI is InChI=1S/C14H12BrF3O4/c1-3-21-12(19)13(14(16,17)18)7-6-8-9(15)4-5-10(20-2)11(8)22-13/h4-7H,3H2,1-2H3. The van der Waals surface area contributed by atoms with Crippen molar-refractivity contribution in [1.82, 2.24) is 0 Å². The van der Waals surface area contributed by atoms with E-state index in [0.717, 1.165) is 6.08 Å². The van der Waals surface area contributed by atoms with Crippen LogP contribution in [0.5, 0.6) is 11.5 Å². The first-order valence-corrected chi connectivity index (χ1v) is 7.04. The third kappa shape index (κ3) is 2.55. The largest absolute Gasteiger partial charge is 0.493 e. The number of methoxy groups -OCH3 is 1. The van der Waals surface area contributed by atoms with Crippen molar-refractivity contribution in [3.8, 4) is 11.5 Å². The molecule has 2 rings (SSSR count). The lowest BCUT2D eigenvalue weighted by molar-refractivity contribution is -0.238. The van der Waals surface area contributed by atoms with E-state index in [-0.39, 0.29) is 18.1 Å². The van der Waals surface area contributed by atoms with Crippen LogP contribution in [-0.4, -0.2) is 31.5 Å². The van der Waals surface area contributed by atoms with Crippen LogP contribution in [0.3, 0.4) is 0 Å². The van der Waals surface area contributed by atoms with E-state index in [1.807, 2.05) is 0 Å². The highest BCUT2D eigenvalue weighted by Gasteiger charge is 2.64. The first kappa shape index (κ1) is 16.7. The van der Waals surface area contributed by atoms with Crippen LogP contribution in [0.4, 0.5) is 13.2 Å². The van der Waals surface area contributed by atoms with E-state index >= 15 is 0 Å². The number of esters is 1. The number of halogens is 4. The molecule has 0 N–H and O–H groups in total. The summed E-state index contributed by atoms with van der Waals surface area (Å²) in [6.07, 6.45) is -3.17. The maximum Gasteiger partial charge on any atom is 0.443 e. The van der Waals surface area contributed by atoms with E-state index in [0.29, 0.717) is 16.1 Å². The molecule has 0 aromatic heterocycles. The minimum atomic E-state index is -4.99. The summed E-state index contributed by atoms with van der Waals surface area (Å²) in [6, 6.07) is 3.05. The Morgan fingerprint density at radius 3 is 2.64 bits per heavy atom. The molecule has 1 aliphatic rings. The number of alkyl halides is 3. The maximum atomic E-state index is 13.5. The fourth-order valence-corrected chi connectivity index (χ4v) is 2.43. The minimum Gasteiger partial charge on any atom is -0.493 e. The summed E-state index contributed by atoms with van der Waals surface area (Å²) in [5.41, 5.74) is -2.84. The smallest absolute Gasteiger partial charge is 0.443 e. The minimum absolute atomic E-state index is 0.0838. The number of ether oxygens (including phenoxy) is 3. The quantitative estimate of drug-likeness (QED) is 0.749. The fraction of sp³-hybridized carbons (Fsp3) is 0.357. The Bertz CT molecular complexity index is 627. The lowest BCUT2D eigenvalue weighted by Gasteiger charge is -2.34. The van der Waals surface area contributed by atoms with Gasteiger partial charge in [-0.25, -0.2) is 4.79 Å². The highest BCUT2D eigenvalue weighted by molar-refractivity contribution is 9.10. The fourth-order valence-electron chi connectivity index (χ4n) is 1.99. The summed E-state index contributed by atoms with van der Waals surface area (Å²) in [4.78, 5) is 11.9. The third-order valence-corrected chi connectivity index (χ3v) is 3.77. The predicted molar refractivity (Wildman–Crippen MR) is 75.8 cm³/mol. The van der Waals surface area contributed by atoms with Gasteiger partial charge in [-0.2, -0.15) is 13.2 Å². The van der Waals surface area contributed by atoms with E-state index in [1.54, 1.807) is 6.07 Å². The Hall–Kier alpha value is -1.70. The van der Waals surface area contributed by atoms with Crippen LogP contribution in [0.2, 0.25) is 0 Å². The van der Waals surface area contributed by atoms with Crippen molar-refractivity contribution in [3.05, 3.63) is 28.2 Å². The van der Waals surface area contributed by atoms with Crippen LogP contribution in [0.25, 0.3) is 6.08 Å². The van der Waals surface area contributed by atoms with Gasteiger partial charge in [0.25, 0.3) is 0 Å². The highest BCUT2D eigenvalue weighted by Crippen LogP contribution is 2.47. The van der Waals surface area contributed by atoms with Gasteiger partial charge in [0, 0.05) is 10.0 Å². The molecule has 1 aliphatic heterocycles. The van der Waals surface area contributed by atoms with Crippen LogP contribution >= 0.6 is 15.9 Å². The zero-order valence-electron chi connectivity index (χ0n) is 11.7. The number of hydrogen-bond donors (Lipinski definition) is 0. The zero-order valence-corrected chi connectivity index (χ0v) is 13.2. The van der Waals surface area contributed by atoms with E-state index < -0.39 is 17.7 Å². The molecule has 1 heterocycles. The predicted octanol–water partition coefficient (Wildman–Crippen LogP) is 3.73. The van der Waals surface area contributed by atoms with Gasteiger partial charge in [0.15, 0.2) is 11.5 Å². The Morgan fingerprint density at radius 1 is 1.41 bits per heavy atom. The molecule has 120 valence electrons. The van der Waals surface area contributed by atoms with Crippen molar-refractivity contribution in [2.24, 2.45) is 0 Å². The molecule has 1 unspecified atom stereocenters. The molecule has 0 bridgehead atoms. The van der Waals surface area contributed by atoms with E-state index in [4.69, 9.17) is 9.47 Å². The van der Waals surface area contributed by atoms with Gasteiger partial charge in [-0.05, 0) is 31.2 Å². The van der Waals surface area contributed by atoms with Crippen molar-refractivity contribution in [3.63, 3.8) is 0 Å². The Morgan fingerprint density at radius 2 is 2.09 bits per heavy atom. The van der Waals surface area contributed by atoms with Crippen molar-refractivity contribution in [1.29, 1.82) is 0 Å². The first-order valence-electron chi connectivity index (χ1n) is 6.25. The summed E-state index contributed by atoms with van der Waals surface area (Å²) < 4.78 is 55.5. The van der Waals surface area contributed by atoms with Crippen LogP contribution in [-0.2, 0) is 9.53 Å². The zero-order chi connectivity index (χ0) is 16.5. The molecular weight excluding hydrogens is 369 g/mol. The molecule has 0 radical (unpaired) electrons. The average molecular weight is 381 g/mol. The van der Waals surface area contributed by atoms with Gasteiger partial charge in [0.2, 0.25) is 0 Å². The second-order valence-electron chi connectivity index (χ2n) is 4.38. The molecule has 0 amide bonds. The summed E-state index contributed by atoms with van der Waals surface area (Å²) in [6.45, 7) is 1.22. The molecule has 4 nitrogen and oxygen atoms in total. The highest BCUT2D eigenvalue weighted by atomic mass is 79.9. The van der Waals surface area contributed by atoms with Gasteiger partial charge < -0.3 is 14.2 Å². The molecule has 1 aromatic rings. The van der Waals surface area contributed by atoms with Gasteiger partial charge in [0.05, 0.1) is 13.7 Å². The van der Waals surface area contributed by atoms with E-state index in [2.05, 4.69) is 20.7 Å². The molecular formula is C14H12BrF3O4. The average Bonchev–Trinajstić information content (AvgIpc) is 2.46. The number of benzene rings is 1. The van der Waals surface area contributed by atoms with Gasteiger partial charge in [0.1, 0.15) is 0 Å². The van der Waals surface area contributed by atoms with Crippen molar-refractivity contribution in [2.45, 2.75) is 18.7 Å². The molecule has 0 aliphatic carbocycles. The van der Waals surface area contributed by atoms with Crippen LogP contribution < -0.4 is 9.47 Å². The monoisotopic (exact) mass is 380 g/mol. The molecule has 0 fully saturated rings. The maximum absolute atomic E-state index is 13.5. The number of carbonyl (C=O) groups excluding carboxylic acids is 1. The second-order valence-corrected chi connectivity index (χ2v) is 5.24. The summed E-state index contributed by atoms with van der Waals surface area (Å²) >= 11 is 3.22. The Balaban J connectivity index is 2.61. The number of hydrogen-bond acceptors (Lipinski definition) is 4. The molecule has 0 spiro atoms. The van der Waals surface area contributed by atoms with E-state index in [1.165, 1.54) is 20.1 Å². The molecule has 0 saturated heterocycles. The number of rotatable bonds is 3. The SMILES string of the molecule is CCOC(=O)C1(C(F)(F)F)C=Cc2c(Br)ccc(OC)c2O1. The molecule has 1 atom stereocenters. The van der Waals surface area contributed by atoms with Gasteiger partial charge in [-0.3, -0.25) is 0 Å². The lowest BCUT2D eigenvalue weighted by atomic mass is 9.97. The Labute approximate surface area is 133 Å². The second kappa shape index (κ2) is 5.83. The van der Waals surface area contributed by atoms with Crippen LogP contribution in [0.1, 0.15) is 12.5 Å². The number of carbonyl (C=O) groups is 1. The number of fused-ring (bicyclic) bond motifs is 1. The summed E-state index contributed by atoms with van der Waals surface area (Å²) in [5.74, 6) is -1.61. The van der Waals surface area contributed by atoms with Gasteiger partial charge in [-0.15, -0.1) is 0 Å². The summed E-state index contributed by atoms with van der Waals surface area (Å²) in [7, 11) is 1.30. The molecule has 1 aromatic carbocycles. The Kier molecular flexibility index (Phi) is 4.42.